The summed E-state index contributed by atoms with van der Waals surface area (Å²) in [5, 5.41) is 0. The van der Waals surface area contributed by atoms with Crippen LogP contribution in [0.2, 0.25) is 0 Å². The van der Waals surface area contributed by atoms with Crippen molar-refractivity contribution in [1.29, 1.82) is 0 Å². The average molecular weight is 848 g/mol. The molecule has 0 N–H and O–H groups in total. The van der Waals surface area contributed by atoms with Gasteiger partial charge in [0.25, 0.3) is 0 Å². The monoisotopic (exact) mass is 847 g/mol. The summed E-state index contributed by atoms with van der Waals surface area (Å²) in [7, 11) is 0. The second kappa shape index (κ2) is 15.2. The minimum atomic E-state index is -0.148. The number of aromatic nitrogens is 5. The van der Waals surface area contributed by atoms with Crippen molar-refractivity contribution in [2.75, 3.05) is 0 Å². The molecular weight excluding hydrogens is 803 g/mol. The third-order valence-corrected chi connectivity index (χ3v) is 13.8. The molecule has 8 aromatic carbocycles. The molecule has 2 heterocycles. The van der Waals surface area contributed by atoms with E-state index in [1.807, 2.05) is 36.4 Å². The van der Waals surface area contributed by atoms with Gasteiger partial charge in [0.15, 0.2) is 23.3 Å². The molecule has 0 saturated heterocycles. The Balaban J connectivity index is 0.939. The van der Waals surface area contributed by atoms with Gasteiger partial charge in [-0.25, -0.2) is 24.9 Å². The molecule has 0 saturated carbocycles. The largest absolute Gasteiger partial charge is 0.228 e. The van der Waals surface area contributed by atoms with E-state index in [1.165, 1.54) is 44.5 Å². The third kappa shape index (κ3) is 6.58. The van der Waals surface area contributed by atoms with Gasteiger partial charge >= 0.3 is 0 Å². The Hall–Kier alpha value is -8.15. The Morgan fingerprint density at radius 3 is 1.26 bits per heavy atom. The van der Waals surface area contributed by atoms with Crippen LogP contribution in [0.5, 0.6) is 0 Å². The smallest absolute Gasteiger partial charge is 0.164 e. The van der Waals surface area contributed by atoms with E-state index in [2.05, 4.69) is 191 Å². The van der Waals surface area contributed by atoms with E-state index >= 15 is 0 Å². The molecule has 2 aliphatic carbocycles. The summed E-state index contributed by atoms with van der Waals surface area (Å²) in [6.45, 7) is 9.23. The standard InChI is InChI=1S/C61H45N5/c1-60(2)51-28-14-12-26-47(51)49-35-43(30-32-52(49)60)55-37-54(62-56(63-55)38-17-7-5-8-18-38)42-23-15-21-40(33-42)41-22-16-24-44(34-41)58-64-57(39-19-9-6-10-20-39)65-59(66-58)45-29-31-48-46-25-11-13-27-50(46)61(3,4)53(48)36-45/h5-37H,1-4H3. The number of fused-ring (bicyclic) bond motifs is 6. The number of hydrogen-bond acceptors (Lipinski definition) is 5. The Labute approximate surface area is 385 Å². The molecule has 0 fully saturated rings. The zero-order valence-corrected chi connectivity index (χ0v) is 37.3. The summed E-state index contributed by atoms with van der Waals surface area (Å²) in [4.78, 5) is 25.8. The molecule has 314 valence electrons. The maximum atomic E-state index is 5.21. The van der Waals surface area contributed by atoms with Crippen molar-refractivity contribution in [3.05, 3.63) is 222 Å². The summed E-state index contributed by atoms with van der Waals surface area (Å²) in [5.74, 6) is 2.59. The first-order chi connectivity index (χ1) is 32.2. The normalized spacial score (nSPS) is 13.7. The van der Waals surface area contributed by atoms with Crippen LogP contribution in [0, 0.1) is 0 Å². The van der Waals surface area contributed by atoms with Gasteiger partial charge in [-0.2, -0.15) is 0 Å². The first-order valence-corrected chi connectivity index (χ1v) is 22.7. The topological polar surface area (TPSA) is 64.5 Å². The molecule has 12 rings (SSSR count). The Bertz CT molecular complexity index is 3540. The minimum absolute atomic E-state index is 0.0720. The lowest BCUT2D eigenvalue weighted by atomic mass is 9.82. The SMILES string of the molecule is CC1(C)c2ccccc2-c2cc(-c3cc(-c4cccc(-c5cccc(-c6nc(-c7ccccc7)nc(-c7ccc8c(c7)C(C)(C)c7ccccc7-8)n6)c5)c4)nc(-c4ccccc4)n3)ccc21. The minimum Gasteiger partial charge on any atom is -0.228 e. The average Bonchev–Trinajstić information content (AvgIpc) is 3.75. The van der Waals surface area contributed by atoms with E-state index in [0.717, 1.165) is 55.9 Å². The fourth-order valence-corrected chi connectivity index (χ4v) is 10.2. The van der Waals surface area contributed by atoms with Gasteiger partial charge in [-0.15, -0.1) is 0 Å². The molecule has 10 aromatic rings. The highest BCUT2D eigenvalue weighted by atomic mass is 15.0. The van der Waals surface area contributed by atoms with Crippen LogP contribution in [0.4, 0.5) is 0 Å². The highest BCUT2D eigenvalue weighted by Crippen LogP contribution is 2.51. The highest BCUT2D eigenvalue weighted by molar-refractivity contribution is 5.86. The summed E-state index contributed by atoms with van der Waals surface area (Å²) >= 11 is 0. The van der Waals surface area contributed by atoms with E-state index in [-0.39, 0.29) is 10.8 Å². The predicted octanol–water partition coefficient (Wildman–Crippen LogP) is 14.9. The van der Waals surface area contributed by atoms with Gasteiger partial charge < -0.3 is 0 Å². The molecular formula is C61H45N5. The molecule has 0 aliphatic heterocycles. The number of nitrogens with zero attached hydrogens (tertiary/aromatic N) is 5. The Morgan fingerprint density at radius 1 is 0.242 bits per heavy atom. The lowest BCUT2D eigenvalue weighted by molar-refractivity contribution is 0.660. The molecule has 66 heavy (non-hydrogen) atoms. The van der Waals surface area contributed by atoms with Gasteiger partial charge in [-0.05, 0) is 86.0 Å². The second-order valence-corrected chi connectivity index (χ2v) is 18.5. The molecule has 2 aliphatic rings. The van der Waals surface area contributed by atoms with E-state index in [9.17, 15) is 0 Å². The molecule has 5 nitrogen and oxygen atoms in total. The van der Waals surface area contributed by atoms with Crippen LogP contribution in [0.15, 0.2) is 200 Å². The first kappa shape index (κ1) is 39.4. The molecule has 0 atom stereocenters. The van der Waals surface area contributed by atoms with Gasteiger partial charge in [-0.3, -0.25) is 0 Å². The summed E-state index contributed by atoms with van der Waals surface area (Å²) < 4.78 is 0. The van der Waals surface area contributed by atoms with Gasteiger partial charge in [0.1, 0.15) is 0 Å². The van der Waals surface area contributed by atoms with Crippen molar-refractivity contribution in [2.24, 2.45) is 0 Å². The van der Waals surface area contributed by atoms with Crippen molar-refractivity contribution in [2.45, 2.75) is 38.5 Å². The molecule has 0 unspecified atom stereocenters. The third-order valence-electron chi connectivity index (χ3n) is 13.8. The van der Waals surface area contributed by atoms with Crippen LogP contribution < -0.4 is 0 Å². The fourth-order valence-electron chi connectivity index (χ4n) is 10.2. The second-order valence-electron chi connectivity index (χ2n) is 18.5. The van der Waals surface area contributed by atoms with Crippen molar-refractivity contribution < 1.29 is 0 Å². The zero-order valence-electron chi connectivity index (χ0n) is 37.3. The molecule has 5 heteroatoms. The van der Waals surface area contributed by atoms with Gasteiger partial charge in [0, 0.05) is 44.2 Å². The van der Waals surface area contributed by atoms with Crippen LogP contribution in [0.25, 0.3) is 101 Å². The van der Waals surface area contributed by atoms with E-state index in [4.69, 9.17) is 24.9 Å². The maximum absolute atomic E-state index is 5.21. The highest BCUT2D eigenvalue weighted by Gasteiger charge is 2.36. The van der Waals surface area contributed by atoms with Crippen molar-refractivity contribution in [1.82, 2.24) is 24.9 Å². The molecule has 0 bridgehead atoms. The van der Waals surface area contributed by atoms with Crippen LogP contribution in [-0.4, -0.2) is 24.9 Å². The number of benzene rings is 8. The maximum Gasteiger partial charge on any atom is 0.164 e. The van der Waals surface area contributed by atoms with Crippen molar-refractivity contribution in [3.63, 3.8) is 0 Å². The quantitative estimate of drug-likeness (QED) is 0.160. The molecule has 0 spiro atoms. The van der Waals surface area contributed by atoms with Crippen LogP contribution in [0.1, 0.15) is 49.9 Å². The zero-order chi connectivity index (χ0) is 44.6. The lowest BCUT2D eigenvalue weighted by Gasteiger charge is -2.21. The molecule has 0 amide bonds. The van der Waals surface area contributed by atoms with Crippen LogP contribution in [-0.2, 0) is 10.8 Å². The van der Waals surface area contributed by atoms with Crippen LogP contribution >= 0.6 is 0 Å². The summed E-state index contributed by atoms with van der Waals surface area (Å²) in [6, 6.07) is 70.6. The van der Waals surface area contributed by atoms with Gasteiger partial charge in [0.05, 0.1) is 11.4 Å². The number of hydrogen-bond donors (Lipinski definition) is 0. The first-order valence-electron chi connectivity index (χ1n) is 22.7. The van der Waals surface area contributed by atoms with Gasteiger partial charge in [-0.1, -0.05) is 198 Å². The molecule has 2 aromatic heterocycles. The van der Waals surface area contributed by atoms with Crippen molar-refractivity contribution >= 4 is 0 Å². The summed E-state index contributed by atoms with van der Waals surface area (Å²) in [5.41, 5.74) is 19.9. The Kier molecular flexibility index (Phi) is 9.11. The van der Waals surface area contributed by atoms with E-state index in [0.29, 0.717) is 23.3 Å². The Morgan fingerprint density at radius 2 is 0.636 bits per heavy atom. The van der Waals surface area contributed by atoms with Gasteiger partial charge in [0.2, 0.25) is 0 Å². The van der Waals surface area contributed by atoms with Crippen LogP contribution in [0.3, 0.4) is 0 Å². The molecule has 0 radical (unpaired) electrons. The van der Waals surface area contributed by atoms with E-state index < -0.39 is 0 Å². The lowest BCUT2D eigenvalue weighted by Crippen LogP contribution is -2.15. The predicted molar refractivity (Wildman–Crippen MR) is 269 cm³/mol. The van der Waals surface area contributed by atoms with E-state index in [1.54, 1.807) is 0 Å². The van der Waals surface area contributed by atoms with Crippen molar-refractivity contribution in [3.8, 4) is 101 Å². The fraction of sp³-hybridized carbons (Fsp3) is 0.0984. The number of rotatable bonds is 7. The summed E-state index contributed by atoms with van der Waals surface area (Å²) in [6.07, 6.45) is 0.